The van der Waals surface area contributed by atoms with E-state index in [2.05, 4.69) is 30.3 Å². The fourth-order valence-electron chi connectivity index (χ4n) is 3.21. The number of aliphatic hydroxyl groups excluding tert-OH is 1. The summed E-state index contributed by atoms with van der Waals surface area (Å²) in [4.78, 5) is 5.05. The monoisotopic (exact) mass is 420 g/mol. The Labute approximate surface area is 174 Å². The van der Waals surface area contributed by atoms with Gasteiger partial charge >= 0.3 is 0 Å². The highest BCUT2D eigenvalue weighted by Crippen LogP contribution is 2.42. The van der Waals surface area contributed by atoms with E-state index in [9.17, 15) is 5.11 Å². The Balaban J connectivity index is 2.13. The normalized spacial score (nSPS) is 11.4. The molecule has 0 atom stereocenters. The van der Waals surface area contributed by atoms with Crippen LogP contribution in [0.25, 0.3) is 0 Å². The fraction of sp³-hybridized carbons (Fsp3) is 0.286. The van der Waals surface area contributed by atoms with Gasteiger partial charge in [0, 0.05) is 40.1 Å². The quantitative estimate of drug-likeness (QED) is 0.507. The third kappa shape index (κ3) is 4.35. The van der Waals surface area contributed by atoms with Crippen LogP contribution in [0.4, 0.5) is 0 Å². The summed E-state index contributed by atoms with van der Waals surface area (Å²) in [7, 11) is 0. The minimum Gasteiger partial charge on any atom is -0.392 e. The van der Waals surface area contributed by atoms with Crippen LogP contribution in [0.2, 0.25) is 10.0 Å². The predicted molar refractivity (Wildman–Crippen MR) is 113 cm³/mol. The van der Waals surface area contributed by atoms with Crippen molar-refractivity contribution in [1.82, 2.24) is 9.55 Å². The van der Waals surface area contributed by atoms with Crippen molar-refractivity contribution in [3.8, 4) is 0 Å². The number of halogens is 2. The van der Waals surface area contributed by atoms with Crippen molar-refractivity contribution >= 4 is 35.0 Å². The molecule has 3 nitrogen and oxygen atoms in total. The fourth-order valence-corrected chi connectivity index (χ4v) is 5.02. The number of hydrogen-bond donors (Lipinski definition) is 1. The topological polar surface area (TPSA) is 38.0 Å². The molecule has 0 aliphatic heterocycles. The summed E-state index contributed by atoms with van der Waals surface area (Å²) < 4.78 is 2.26. The molecule has 2 aromatic heterocycles. The number of aliphatic hydroxyl groups is 1. The standard InChI is InChI=1S/C21H22Cl2N2OS/c1-13(2)20-17(12-26)14(3)25(11-15-6-8-24-9-7-15)21(20)27-19-5-4-16(22)10-18(19)23/h4-10,13,26H,11-12H2,1-3H3. The van der Waals surface area contributed by atoms with Crippen LogP contribution in [0, 0.1) is 6.92 Å². The molecule has 3 aromatic rings. The Morgan fingerprint density at radius 2 is 1.85 bits per heavy atom. The van der Waals surface area contributed by atoms with Crippen molar-refractivity contribution in [2.24, 2.45) is 0 Å². The first-order valence-electron chi connectivity index (χ1n) is 8.76. The second-order valence-electron chi connectivity index (χ2n) is 6.71. The number of nitrogens with zero attached hydrogens (tertiary/aromatic N) is 2. The van der Waals surface area contributed by atoms with E-state index in [0.717, 1.165) is 26.7 Å². The molecule has 0 bridgehead atoms. The van der Waals surface area contributed by atoms with Crippen LogP contribution in [0.15, 0.2) is 52.6 Å². The highest BCUT2D eigenvalue weighted by molar-refractivity contribution is 7.99. The first kappa shape index (κ1) is 20.3. The highest BCUT2D eigenvalue weighted by atomic mass is 35.5. The van der Waals surface area contributed by atoms with Crippen LogP contribution in [-0.4, -0.2) is 14.7 Å². The molecule has 0 radical (unpaired) electrons. The molecule has 27 heavy (non-hydrogen) atoms. The van der Waals surface area contributed by atoms with E-state index in [1.807, 2.05) is 24.3 Å². The first-order chi connectivity index (χ1) is 12.9. The molecule has 6 heteroatoms. The van der Waals surface area contributed by atoms with E-state index in [4.69, 9.17) is 23.2 Å². The summed E-state index contributed by atoms with van der Waals surface area (Å²) in [6.45, 7) is 7.09. The number of hydrogen-bond acceptors (Lipinski definition) is 3. The average Bonchev–Trinajstić information content (AvgIpc) is 2.90. The number of aromatic nitrogens is 2. The molecule has 0 unspecified atom stereocenters. The molecule has 1 N–H and O–H groups in total. The first-order valence-corrected chi connectivity index (χ1v) is 10.3. The lowest BCUT2D eigenvalue weighted by Crippen LogP contribution is -2.04. The maximum Gasteiger partial charge on any atom is 0.0841 e. The molecule has 0 fully saturated rings. The minimum absolute atomic E-state index is 0.0185. The van der Waals surface area contributed by atoms with Gasteiger partial charge < -0.3 is 9.67 Å². The van der Waals surface area contributed by atoms with Crippen molar-refractivity contribution < 1.29 is 5.11 Å². The van der Waals surface area contributed by atoms with Gasteiger partial charge in [-0.05, 0) is 54.3 Å². The van der Waals surface area contributed by atoms with Gasteiger partial charge in [-0.1, -0.05) is 48.8 Å². The third-order valence-corrected chi connectivity index (χ3v) is 6.44. The average molecular weight is 421 g/mol. The molecule has 0 aliphatic rings. The Kier molecular flexibility index (Phi) is 6.53. The second-order valence-corrected chi connectivity index (χ2v) is 8.59. The molecule has 0 aliphatic carbocycles. The summed E-state index contributed by atoms with van der Waals surface area (Å²) in [6, 6.07) is 9.57. The van der Waals surface area contributed by atoms with Gasteiger partial charge in [0.15, 0.2) is 0 Å². The van der Waals surface area contributed by atoms with Crippen molar-refractivity contribution in [3.05, 3.63) is 75.2 Å². The van der Waals surface area contributed by atoms with Gasteiger partial charge in [0.2, 0.25) is 0 Å². The lowest BCUT2D eigenvalue weighted by atomic mass is 10.0. The van der Waals surface area contributed by atoms with Crippen LogP contribution < -0.4 is 0 Å². The predicted octanol–water partition coefficient (Wildman–Crippen LogP) is 6.31. The smallest absolute Gasteiger partial charge is 0.0841 e. The molecule has 0 amide bonds. The SMILES string of the molecule is Cc1c(CO)c(C(C)C)c(Sc2ccc(Cl)cc2Cl)n1Cc1ccncc1. The summed E-state index contributed by atoms with van der Waals surface area (Å²) in [5.74, 6) is 0.276. The molecule has 0 saturated carbocycles. The number of pyridine rings is 1. The van der Waals surface area contributed by atoms with Gasteiger partial charge in [0.25, 0.3) is 0 Å². The Morgan fingerprint density at radius 1 is 1.15 bits per heavy atom. The van der Waals surface area contributed by atoms with Crippen molar-refractivity contribution in [1.29, 1.82) is 0 Å². The van der Waals surface area contributed by atoms with Gasteiger partial charge in [-0.2, -0.15) is 0 Å². The van der Waals surface area contributed by atoms with Gasteiger partial charge in [-0.25, -0.2) is 0 Å². The Hall–Kier alpha value is -1.46. The van der Waals surface area contributed by atoms with Crippen molar-refractivity contribution in [2.45, 2.75) is 49.8 Å². The van der Waals surface area contributed by atoms with Crippen LogP contribution in [-0.2, 0) is 13.2 Å². The molecular formula is C21H22Cl2N2OS. The summed E-state index contributed by atoms with van der Waals surface area (Å²) in [5.41, 5.74) is 4.39. The molecule has 3 rings (SSSR count). The lowest BCUT2D eigenvalue weighted by Gasteiger charge is -2.15. The molecule has 0 spiro atoms. The van der Waals surface area contributed by atoms with Crippen LogP contribution in [0.5, 0.6) is 0 Å². The zero-order chi connectivity index (χ0) is 19.6. The van der Waals surface area contributed by atoms with Crippen LogP contribution >= 0.6 is 35.0 Å². The van der Waals surface area contributed by atoms with Gasteiger partial charge in [-0.15, -0.1) is 0 Å². The summed E-state index contributed by atoms with van der Waals surface area (Å²) in [6.07, 6.45) is 3.60. The second kappa shape index (κ2) is 8.70. The van der Waals surface area contributed by atoms with E-state index in [0.29, 0.717) is 16.6 Å². The Bertz CT molecular complexity index is 939. The zero-order valence-corrected chi connectivity index (χ0v) is 17.9. The van der Waals surface area contributed by atoms with Crippen molar-refractivity contribution in [3.63, 3.8) is 0 Å². The number of rotatable bonds is 6. The van der Waals surface area contributed by atoms with Gasteiger partial charge in [0.1, 0.15) is 0 Å². The molecule has 2 heterocycles. The van der Waals surface area contributed by atoms with E-state index < -0.39 is 0 Å². The van der Waals surface area contributed by atoms with Crippen LogP contribution in [0.3, 0.4) is 0 Å². The molecule has 0 saturated heterocycles. The maximum atomic E-state index is 10.0. The van der Waals surface area contributed by atoms with Gasteiger partial charge in [-0.3, -0.25) is 4.98 Å². The molecule has 1 aromatic carbocycles. The van der Waals surface area contributed by atoms with E-state index in [-0.39, 0.29) is 12.5 Å². The van der Waals surface area contributed by atoms with Gasteiger partial charge in [0.05, 0.1) is 16.7 Å². The maximum absolute atomic E-state index is 10.0. The lowest BCUT2D eigenvalue weighted by molar-refractivity contribution is 0.279. The molecular weight excluding hydrogens is 399 g/mol. The highest BCUT2D eigenvalue weighted by Gasteiger charge is 2.23. The zero-order valence-electron chi connectivity index (χ0n) is 15.5. The third-order valence-electron chi connectivity index (χ3n) is 4.57. The van der Waals surface area contributed by atoms with E-state index in [1.54, 1.807) is 30.2 Å². The summed E-state index contributed by atoms with van der Waals surface area (Å²) in [5, 5.41) is 12.4. The largest absolute Gasteiger partial charge is 0.392 e. The minimum atomic E-state index is 0.0185. The van der Waals surface area contributed by atoms with Crippen LogP contribution in [0.1, 0.15) is 42.1 Å². The Morgan fingerprint density at radius 3 is 2.44 bits per heavy atom. The van der Waals surface area contributed by atoms with Crippen molar-refractivity contribution in [2.75, 3.05) is 0 Å². The summed E-state index contributed by atoms with van der Waals surface area (Å²) >= 11 is 14.1. The van der Waals surface area contributed by atoms with E-state index in [1.165, 1.54) is 5.56 Å². The van der Waals surface area contributed by atoms with E-state index >= 15 is 0 Å². The molecule has 142 valence electrons. The number of benzene rings is 1.